The van der Waals surface area contributed by atoms with Gasteiger partial charge in [0.25, 0.3) is 0 Å². The van der Waals surface area contributed by atoms with Crippen molar-refractivity contribution in [2.45, 2.75) is 0 Å². The lowest BCUT2D eigenvalue weighted by Gasteiger charge is -2.14. The average Bonchev–Trinajstić information content (AvgIpc) is 2.06. The molecule has 4 heteroatoms. The van der Waals surface area contributed by atoms with E-state index in [0.29, 0.717) is 5.69 Å². The Kier molecular flexibility index (Phi) is 2.90. The number of phenolic OH excluding ortho intramolecular Hbond substituents is 1. The Morgan fingerprint density at radius 2 is 1.75 bits per heavy atom. The predicted octanol–water partition coefficient (Wildman–Crippen LogP) is 0.580. The Bertz CT molecular complexity index is 235. The first-order chi connectivity index (χ1) is 5.74. The number of rotatable bonds is 3. The fourth-order valence-corrected chi connectivity index (χ4v) is 0.849. The summed E-state index contributed by atoms with van der Waals surface area (Å²) in [7, 11) is 0. The number of hydroxylamine groups is 1. The number of aliphatic hydroxyl groups excluding tert-OH is 1. The van der Waals surface area contributed by atoms with Gasteiger partial charge in [-0.3, -0.25) is 10.3 Å². The number of hydrogen-bond acceptors (Lipinski definition) is 4. The second kappa shape index (κ2) is 3.94. The summed E-state index contributed by atoms with van der Waals surface area (Å²) >= 11 is 0. The summed E-state index contributed by atoms with van der Waals surface area (Å²) in [6.07, 6.45) is 0. The quantitative estimate of drug-likeness (QED) is 0.579. The lowest BCUT2D eigenvalue weighted by Crippen LogP contribution is -2.21. The highest BCUT2D eigenvalue weighted by Crippen LogP contribution is 2.16. The molecule has 0 saturated heterocycles. The van der Waals surface area contributed by atoms with Crippen molar-refractivity contribution < 1.29 is 15.4 Å². The molecule has 0 radical (unpaired) electrons. The summed E-state index contributed by atoms with van der Waals surface area (Å²) in [6.45, 7) is 0.0438. The van der Waals surface area contributed by atoms with Crippen LogP contribution in [0.5, 0.6) is 5.75 Å². The molecule has 0 aromatic heterocycles. The van der Waals surface area contributed by atoms with Crippen molar-refractivity contribution in [3.63, 3.8) is 0 Å². The molecule has 0 atom stereocenters. The molecule has 12 heavy (non-hydrogen) atoms. The van der Waals surface area contributed by atoms with Crippen LogP contribution in [0.1, 0.15) is 0 Å². The maximum atomic E-state index is 9.20. The van der Waals surface area contributed by atoms with Crippen molar-refractivity contribution in [3.05, 3.63) is 24.3 Å². The summed E-state index contributed by atoms with van der Waals surface area (Å²) in [6, 6.07) is 6.06. The number of anilines is 1. The first kappa shape index (κ1) is 8.83. The molecule has 1 rings (SSSR count). The summed E-state index contributed by atoms with van der Waals surface area (Å²) in [5, 5.41) is 27.5. The van der Waals surface area contributed by atoms with Crippen molar-refractivity contribution in [2.24, 2.45) is 0 Å². The topological polar surface area (TPSA) is 63.9 Å². The zero-order valence-electron chi connectivity index (χ0n) is 6.51. The molecular weight excluding hydrogens is 158 g/mol. The molecule has 0 unspecified atom stereocenters. The number of phenols is 1. The van der Waals surface area contributed by atoms with Gasteiger partial charge in [0.2, 0.25) is 0 Å². The van der Waals surface area contributed by atoms with Crippen molar-refractivity contribution in [2.75, 3.05) is 18.2 Å². The molecule has 0 aliphatic heterocycles. The number of benzene rings is 1. The Hall–Kier alpha value is -1.26. The molecule has 1 aromatic carbocycles. The van der Waals surface area contributed by atoms with Crippen LogP contribution in [-0.2, 0) is 0 Å². The molecule has 66 valence electrons. The number of aliphatic hydroxyl groups is 1. The van der Waals surface area contributed by atoms with Crippen LogP contribution in [-0.4, -0.2) is 28.6 Å². The molecule has 1 aromatic rings. The molecule has 0 heterocycles. The first-order valence-corrected chi connectivity index (χ1v) is 3.60. The van der Waals surface area contributed by atoms with Gasteiger partial charge in [-0.2, -0.15) is 0 Å². The van der Waals surface area contributed by atoms with Gasteiger partial charge in [0.15, 0.2) is 0 Å². The third-order valence-electron chi connectivity index (χ3n) is 1.46. The predicted molar refractivity (Wildman–Crippen MR) is 44.3 cm³/mol. The fourth-order valence-electron chi connectivity index (χ4n) is 0.849. The van der Waals surface area contributed by atoms with Crippen molar-refractivity contribution in [3.8, 4) is 5.75 Å². The fraction of sp³-hybridized carbons (Fsp3) is 0.250. The minimum Gasteiger partial charge on any atom is -0.508 e. The summed E-state index contributed by atoms with van der Waals surface area (Å²) in [5.41, 5.74) is 0.543. The second-order valence-corrected chi connectivity index (χ2v) is 2.36. The van der Waals surface area contributed by atoms with Crippen LogP contribution in [0, 0.1) is 0 Å². The zero-order chi connectivity index (χ0) is 8.97. The second-order valence-electron chi connectivity index (χ2n) is 2.36. The smallest absolute Gasteiger partial charge is 0.115 e. The summed E-state index contributed by atoms with van der Waals surface area (Å²) in [5.74, 6) is 0.149. The average molecular weight is 169 g/mol. The molecule has 4 nitrogen and oxygen atoms in total. The molecule has 0 fully saturated rings. The van der Waals surface area contributed by atoms with E-state index < -0.39 is 0 Å². The Morgan fingerprint density at radius 1 is 1.17 bits per heavy atom. The zero-order valence-corrected chi connectivity index (χ0v) is 6.51. The van der Waals surface area contributed by atoms with E-state index in [4.69, 9.17) is 10.2 Å². The first-order valence-electron chi connectivity index (χ1n) is 3.60. The van der Waals surface area contributed by atoms with E-state index in [2.05, 4.69) is 0 Å². The van der Waals surface area contributed by atoms with Crippen LogP contribution in [0.4, 0.5) is 5.69 Å². The minimum atomic E-state index is -0.114. The monoisotopic (exact) mass is 169 g/mol. The van der Waals surface area contributed by atoms with E-state index in [0.717, 1.165) is 5.06 Å². The maximum absolute atomic E-state index is 9.20. The van der Waals surface area contributed by atoms with Gasteiger partial charge in [0.05, 0.1) is 18.8 Å². The molecular formula is C8H11NO3. The van der Waals surface area contributed by atoms with E-state index in [-0.39, 0.29) is 18.9 Å². The molecule has 0 amide bonds. The third kappa shape index (κ3) is 2.11. The molecule has 0 aliphatic carbocycles. The number of nitrogens with zero attached hydrogens (tertiary/aromatic N) is 1. The van der Waals surface area contributed by atoms with Gasteiger partial charge in [-0.1, -0.05) is 0 Å². The highest BCUT2D eigenvalue weighted by Gasteiger charge is 2.00. The van der Waals surface area contributed by atoms with Crippen LogP contribution in [0.15, 0.2) is 24.3 Å². The van der Waals surface area contributed by atoms with Gasteiger partial charge in [-0.05, 0) is 24.3 Å². The highest BCUT2D eigenvalue weighted by atomic mass is 16.5. The van der Waals surface area contributed by atoms with Crippen molar-refractivity contribution in [1.29, 1.82) is 0 Å². The number of aromatic hydroxyl groups is 1. The van der Waals surface area contributed by atoms with Crippen molar-refractivity contribution in [1.82, 2.24) is 0 Å². The van der Waals surface area contributed by atoms with Crippen molar-refractivity contribution >= 4 is 5.69 Å². The van der Waals surface area contributed by atoms with Gasteiger partial charge in [0, 0.05) is 0 Å². The lowest BCUT2D eigenvalue weighted by molar-refractivity contribution is 0.210. The van der Waals surface area contributed by atoms with Crippen LogP contribution in [0.2, 0.25) is 0 Å². The van der Waals surface area contributed by atoms with E-state index in [9.17, 15) is 5.21 Å². The van der Waals surface area contributed by atoms with E-state index in [1.807, 2.05) is 0 Å². The van der Waals surface area contributed by atoms with Crippen LogP contribution in [0.3, 0.4) is 0 Å². The van der Waals surface area contributed by atoms with E-state index in [1.54, 1.807) is 12.1 Å². The highest BCUT2D eigenvalue weighted by molar-refractivity contribution is 5.46. The summed E-state index contributed by atoms with van der Waals surface area (Å²) in [4.78, 5) is 0. The minimum absolute atomic E-state index is 0.114. The SMILES string of the molecule is OCCN(O)c1ccc(O)cc1. The maximum Gasteiger partial charge on any atom is 0.115 e. The third-order valence-corrected chi connectivity index (χ3v) is 1.46. The van der Waals surface area contributed by atoms with Crippen LogP contribution >= 0.6 is 0 Å². The Labute approximate surface area is 70.3 Å². The van der Waals surface area contributed by atoms with Crippen LogP contribution < -0.4 is 5.06 Å². The summed E-state index contributed by atoms with van der Waals surface area (Å²) < 4.78 is 0. The van der Waals surface area contributed by atoms with Gasteiger partial charge in [-0.25, -0.2) is 0 Å². The largest absolute Gasteiger partial charge is 0.508 e. The normalized spacial score (nSPS) is 9.83. The Morgan fingerprint density at radius 3 is 2.25 bits per heavy atom. The van der Waals surface area contributed by atoms with Gasteiger partial charge < -0.3 is 10.2 Å². The number of hydrogen-bond donors (Lipinski definition) is 3. The van der Waals surface area contributed by atoms with E-state index in [1.165, 1.54) is 12.1 Å². The standard InChI is InChI=1S/C8H11NO3/c10-6-5-9(12)7-1-3-8(11)4-2-7/h1-4,10-12H,5-6H2. The van der Waals surface area contributed by atoms with E-state index >= 15 is 0 Å². The molecule has 0 spiro atoms. The van der Waals surface area contributed by atoms with Gasteiger partial charge in [-0.15, -0.1) is 0 Å². The van der Waals surface area contributed by atoms with Gasteiger partial charge >= 0.3 is 0 Å². The van der Waals surface area contributed by atoms with Gasteiger partial charge in [0.1, 0.15) is 5.75 Å². The lowest BCUT2D eigenvalue weighted by atomic mass is 10.3. The molecule has 0 aliphatic rings. The molecule has 3 N–H and O–H groups in total. The Balaban J connectivity index is 2.68. The van der Waals surface area contributed by atoms with Crippen LogP contribution in [0.25, 0.3) is 0 Å². The molecule has 0 saturated carbocycles. The molecule has 0 bridgehead atoms.